The zero-order chi connectivity index (χ0) is 15.0. The highest BCUT2D eigenvalue weighted by Crippen LogP contribution is 2.35. The van der Waals surface area contributed by atoms with Gasteiger partial charge < -0.3 is 5.73 Å². The van der Waals surface area contributed by atoms with Gasteiger partial charge in [-0.25, -0.2) is 12.8 Å². The van der Waals surface area contributed by atoms with Crippen LogP contribution in [0.25, 0.3) is 0 Å². The zero-order valence-electron chi connectivity index (χ0n) is 11.4. The monoisotopic (exact) mass is 305 g/mol. The molecule has 0 spiro atoms. The van der Waals surface area contributed by atoms with Gasteiger partial charge in [-0.1, -0.05) is 36.4 Å². The van der Waals surface area contributed by atoms with Crippen molar-refractivity contribution >= 4 is 9.84 Å². The largest absolute Gasteiger partial charge is 0.323 e. The molecule has 2 atom stereocenters. The predicted octanol–water partition coefficient (Wildman–Crippen LogP) is 2.61. The smallest absolute Gasteiger partial charge is 0.185 e. The topological polar surface area (TPSA) is 60.2 Å². The molecule has 2 aromatic carbocycles. The summed E-state index contributed by atoms with van der Waals surface area (Å²) in [4.78, 5) is -0.259. The minimum Gasteiger partial charge on any atom is -0.323 e. The Hall–Kier alpha value is -1.72. The number of fused-ring (bicyclic) bond motifs is 1. The van der Waals surface area contributed by atoms with Gasteiger partial charge in [-0.2, -0.15) is 0 Å². The minimum absolute atomic E-state index is 0.259. The van der Waals surface area contributed by atoms with Crippen molar-refractivity contribution in [1.29, 1.82) is 0 Å². The van der Waals surface area contributed by atoms with Gasteiger partial charge in [0.1, 0.15) is 10.7 Å². The van der Waals surface area contributed by atoms with Crippen molar-refractivity contribution in [1.82, 2.24) is 0 Å². The highest BCUT2D eigenvalue weighted by Gasteiger charge is 2.38. The number of aryl methyl sites for hydroxylation is 1. The third kappa shape index (κ3) is 2.36. The van der Waals surface area contributed by atoms with E-state index in [1.54, 1.807) is 0 Å². The van der Waals surface area contributed by atoms with Gasteiger partial charge >= 0.3 is 0 Å². The number of rotatable bonds is 2. The Morgan fingerprint density at radius 1 is 1.05 bits per heavy atom. The fourth-order valence-electron chi connectivity index (χ4n) is 2.95. The first kappa shape index (κ1) is 14.2. The summed E-state index contributed by atoms with van der Waals surface area (Å²) in [5.74, 6) is -0.719. The normalized spacial score (nSPS) is 21.8. The van der Waals surface area contributed by atoms with Gasteiger partial charge in [0, 0.05) is 6.04 Å². The van der Waals surface area contributed by atoms with Crippen LogP contribution in [0.15, 0.2) is 53.4 Å². The molecule has 0 fully saturated rings. The van der Waals surface area contributed by atoms with Crippen LogP contribution in [0, 0.1) is 5.82 Å². The molecule has 3 nitrogen and oxygen atoms in total. The van der Waals surface area contributed by atoms with E-state index in [4.69, 9.17) is 5.73 Å². The third-order valence-electron chi connectivity index (χ3n) is 4.05. The van der Waals surface area contributed by atoms with Gasteiger partial charge in [0.2, 0.25) is 0 Å². The van der Waals surface area contributed by atoms with Gasteiger partial charge in [-0.05, 0) is 36.1 Å². The zero-order valence-corrected chi connectivity index (χ0v) is 12.2. The van der Waals surface area contributed by atoms with Crippen molar-refractivity contribution in [3.05, 3.63) is 65.5 Å². The molecule has 0 radical (unpaired) electrons. The van der Waals surface area contributed by atoms with Gasteiger partial charge in [0.15, 0.2) is 9.84 Å². The predicted molar refractivity (Wildman–Crippen MR) is 79.1 cm³/mol. The Morgan fingerprint density at radius 2 is 1.71 bits per heavy atom. The second kappa shape index (κ2) is 5.24. The van der Waals surface area contributed by atoms with Crippen LogP contribution in [0.4, 0.5) is 4.39 Å². The second-order valence-corrected chi connectivity index (χ2v) is 7.41. The van der Waals surface area contributed by atoms with Gasteiger partial charge in [0.25, 0.3) is 0 Å². The van der Waals surface area contributed by atoms with Crippen molar-refractivity contribution in [2.75, 3.05) is 0 Å². The van der Waals surface area contributed by atoms with Crippen molar-refractivity contribution < 1.29 is 12.8 Å². The summed E-state index contributed by atoms with van der Waals surface area (Å²) in [6, 6.07) is 12.4. The molecular weight excluding hydrogens is 289 g/mol. The highest BCUT2D eigenvalue weighted by atomic mass is 32.2. The molecule has 2 N–H and O–H groups in total. The van der Waals surface area contributed by atoms with E-state index in [9.17, 15) is 12.8 Å². The standard InChI is InChI=1S/C16H16FNO2S/c17-13-7-3-4-8-14(13)21(19,20)15-10-9-11-5-1-2-6-12(11)16(15)18/h1-8,15-16H,9-10,18H2. The van der Waals surface area contributed by atoms with E-state index in [-0.39, 0.29) is 4.90 Å². The maximum atomic E-state index is 13.8. The first-order chi connectivity index (χ1) is 10.0. The summed E-state index contributed by atoms with van der Waals surface area (Å²) in [7, 11) is -3.78. The maximum Gasteiger partial charge on any atom is 0.185 e. The van der Waals surface area contributed by atoms with Crippen molar-refractivity contribution in [2.24, 2.45) is 5.73 Å². The van der Waals surface area contributed by atoms with Crippen LogP contribution >= 0.6 is 0 Å². The summed E-state index contributed by atoms with van der Waals surface area (Å²) in [5.41, 5.74) is 8.08. The lowest BCUT2D eigenvalue weighted by atomic mass is 9.88. The minimum atomic E-state index is -3.78. The number of hydrogen-bond acceptors (Lipinski definition) is 3. The summed E-state index contributed by atoms with van der Waals surface area (Å²) >= 11 is 0. The van der Waals surface area contributed by atoms with Crippen LogP contribution < -0.4 is 5.73 Å². The molecule has 0 saturated heterocycles. The van der Waals surface area contributed by atoms with Crippen LogP contribution in [-0.2, 0) is 16.3 Å². The van der Waals surface area contributed by atoms with Gasteiger partial charge in [0.05, 0.1) is 5.25 Å². The molecule has 5 heteroatoms. The van der Waals surface area contributed by atoms with Crippen LogP contribution in [0.2, 0.25) is 0 Å². The molecule has 2 aromatic rings. The number of benzene rings is 2. The van der Waals surface area contributed by atoms with Crippen LogP contribution in [0.1, 0.15) is 23.6 Å². The first-order valence-electron chi connectivity index (χ1n) is 6.83. The third-order valence-corrected chi connectivity index (χ3v) is 6.32. The number of hydrogen-bond donors (Lipinski definition) is 1. The summed E-state index contributed by atoms with van der Waals surface area (Å²) < 4.78 is 39.3. The lowest BCUT2D eigenvalue weighted by Crippen LogP contribution is -2.38. The van der Waals surface area contributed by atoms with E-state index in [0.29, 0.717) is 12.8 Å². The van der Waals surface area contributed by atoms with Gasteiger partial charge in [-0.15, -0.1) is 0 Å². The first-order valence-corrected chi connectivity index (χ1v) is 8.38. The Morgan fingerprint density at radius 3 is 2.48 bits per heavy atom. The molecule has 1 aliphatic rings. The Balaban J connectivity index is 2.04. The average molecular weight is 305 g/mol. The molecule has 0 saturated carbocycles. The molecule has 21 heavy (non-hydrogen) atoms. The van der Waals surface area contributed by atoms with Crippen molar-refractivity contribution in [2.45, 2.75) is 29.0 Å². The molecule has 3 rings (SSSR count). The second-order valence-electron chi connectivity index (χ2n) is 5.28. The van der Waals surface area contributed by atoms with E-state index in [1.165, 1.54) is 18.2 Å². The molecular formula is C16H16FNO2S. The van der Waals surface area contributed by atoms with Crippen LogP contribution in [0.5, 0.6) is 0 Å². The van der Waals surface area contributed by atoms with E-state index >= 15 is 0 Å². The molecule has 1 aliphatic carbocycles. The molecule has 0 aliphatic heterocycles. The summed E-state index contributed by atoms with van der Waals surface area (Å²) in [5, 5.41) is -0.788. The Kier molecular flexibility index (Phi) is 3.55. The number of nitrogens with two attached hydrogens (primary N) is 1. The van der Waals surface area contributed by atoms with E-state index in [0.717, 1.165) is 17.2 Å². The SMILES string of the molecule is NC1c2ccccc2CCC1S(=O)(=O)c1ccccc1F. The fraction of sp³-hybridized carbons (Fsp3) is 0.250. The van der Waals surface area contributed by atoms with Crippen LogP contribution in [-0.4, -0.2) is 13.7 Å². The lowest BCUT2D eigenvalue weighted by Gasteiger charge is -2.30. The Bertz CT molecular complexity index is 773. The molecule has 0 bridgehead atoms. The summed E-state index contributed by atoms with van der Waals surface area (Å²) in [6.07, 6.45) is 1.05. The van der Waals surface area contributed by atoms with E-state index in [2.05, 4.69) is 0 Å². The van der Waals surface area contributed by atoms with Gasteiger partial charge in [-0.3, -0.25) is 0 Å². The highest BCUT2D eigenvalue weighted by molar-refractivity contribution is 7.92. The lowest BCUT2D eigenvalue weighted by molar-refractivity contribution is 0.512. The molecule has 2 unspecified atom stereocenters. The van der Waals surface area contributed by atoms with E-state index < -0.39 is 26.9 Å². The Labute approximate surface area is 123 Å². The van der Waals surface area contributed by atoms with Crippen molar-refractivity contribution in [3.8, 4) is 0 Å². The molecule has 0 heterocycles. The number of sulfone groups is 1. The fourth-order valence-corrected chi connectivity index (χ4v) is 4.85. The molecule has 110 valence electrons. The number of halogens is 1. The average Bonchev–Trinajstić information content (AvgIpc) is 2.48. The van der Waals surface area contributed by atoms with E-state index in [1.807, 2.05) is 24.3 Å². The van der Waals surface area contributed by atoms with Crippen molar-refractivity contribution in [3.63, 3.8) is 0 Å². The molecule has 0 amide bonds. The maximum absolute atomic E-state index is 13.8. The molecule has 0 aromatic heterocycles. The quantitative estimate of drug-likeness (QED) is 0.928. The van der Waals surface area contributed by atoms with Crippen LogP contribution in [0.3, 0.4) is 0 Å². The summed E-state index contributed by atoms with van der Waals surface area (Å²) in [6.45, 7) is 0.